The van der Waals surface area contributed by atoms with Crippen LogP contribution in [0.2, 0.25) is 0 Å². The van der Waals surface area contributed by atoms with Crippen LogP contribution in [0.5, 0.6) is 0 Å². The Kier molecular flexibility index (Phi) is 5.35. The molecular formula is C10H21N3O3S. The van der Waals surface area contributed by atoms with Crippen molar-refractivity contribution in [3.05, 3.63) is 0 Å². The maximum Gasteiger partial charge on any atom is 0.223 e. The highest BCUT2D eigenvalue weighted by atomic mass is 32.2. The summed E-state index contributed by atoms with van der Waals surface area (Å²) in [5.41, 5.74) is 0. The van der Waals surface area contributed by atoms with Crippen LogP contribution < -0.4 is 10.6 Å². The fraction of sp³-hybridized carbons (Fsp3) is 0.900. The van der Waals surface area contributed by atoms with Crippen LogP contribution in [0.1, 0.15) is 12.8 Å². The number of hydrogen-bond donors (Lipinski definition) is 2. The van der Waals surface area contributed by atoms with Gasteiger partial charge in [-0.05, 0) is 25.9 Å². The zero-order valence-corrected chi connectivity index (χ0v) is 11.2. The SMILES string of the molecule is CN(C)S(=O)(=O)CCNC(=O)C1CCNCC1. The number of nitrogens with one attached hydrogen (secondary N) is 2. The molecular weight excluding hydrogens is 242 g/mol. The van der Waals surface area contributed by atoms with E-state index in [1.54, 1.807) is 0 Å². The molecule has 0 atom stereocenters. The smallest absolute Gasteiger partial charge is 0.223 e. The molecule has 6 nitrogen and oxygen atoms in total. The van der Waals surface area contributed by atoms with E-state index in [1.165, 1.54) is 18.4 Å². The molecule has 1 amide bonds. The van der Waals surface area contributed by atoms with Gasteiger partial charge in [0, 0.05) is 26.6 Å². The number of carbonyl (C=O) groups excluding carboxylic acids is 1. The molecule has 100 valence electrons. The van der Waals surface area contributed by atoms with Gasteiger partial charge in [0.25, 0.3) is 0 Å². The minimum Gasteiger partial charge on any atom is -0.355 e. The van der Waals surface area contributed by atoms with E-state index in [4.69, 9.17) is 0 Å². The molecule has 0 aromatic rings. The summed E-state index contributed by atoms with van der Waals surface area (Å²) < 4.78 is 24.1. The van der Waals surface area contributed by atoms with Gasteiger partial charge in [-0.1, -0.05) is 0 Å². The molecule has 0 spiro atoms. The number of hydrogen-bond acceptors (Lipinski definition) is 4. The maximum atomic E-state index is 11.7. The highest BCUT2D eigenvalue weighted by molar-refractivity contribution is 7.89. The van der Waals surface area contributed by atoms with Gasteiger partial charge in [0.2, 0.25) is 15.9 Å². The van der Waals surface area contributed by atoms with E-state index in [0.717, 1.165) is 25.9 Å². The second-order valence-electron chi connectivity index (χ2n) is 4.41. The summed E-state index contributed by atoms with van der Waals surface area (Å²) in [6.45, 7) is 1.89. The minimum absolute atomic E-state index is 0.0262. The molecule has 7 heteroatoms. The third-order valence-corrected chi connectivity index (χ3v) is 4.76. The molecule has 0 unspecified atom stereocenters. The van der Waals surface area contributed by atoms with E-state index < -0.39 is 10.0 Å². The fourth-order valence-electron chi connectivity index (χ4n) is 1.71. The van der Waals surface area contributed by atoms with E-state index in [2.05, 4.69) is 10.6 Å². The molecule has 0 radical (unpaired) electrons. The molecule has 0 aromatic carbocycles. The van der Waals surface area contributed by atoms with Crippen molar-refractivity contribution in [1.82, 2.24) is 14.9 Å². The highest BCUT2D eigenvalue weighted by Gasteiger charge is 2.21. The third-order valence-electron chi connectivity index (χ3n) is 2.93. The average Bonchev–Trinajstić information content (AvgIpc) is 2.29. The second-order valence-corrected chi connectivity index (χ2v) is 6.72. The predicted octanol–water partition coefficient (Wildman–Crippen LogP) is -1.01. The Balaban J connectivity index is 2.29. The van der Waals surface area contributed by atoms with Crippen LogP contribution >= 0.6 is 0 Å². The summed E-state index contributed by atoms with van der Waals surface area (Å²) in [5.74, 6) is -0.0461. The molecule has 0 saturated carbocycles. The molecule has 1 heterocycles. The molecule has 1 saturated heterocycles. The number of rotatable bonds is 5. The zero-order valence-electron chi connectivity index (χ0n) is 10.4. The Morgan fingerprint density at radius 1 is 1.35 bits per heavy atom. The summed E-state index contributed by atoms with van der Waals surface area (Å²) in [6, 6.07) is 0. The van der Waals surface area contributed by atoms with Crippen LogP contribution in [-0.4, -0.2) is 58.1 Å². The lowest BCUT2D eigenvalue weighted by molar-refractivity contribution is -0.125. The molecule has 1 aliphatic rings. The largest absolute Gasteiger partial charge is 0.355 e. The maximum absolute atomic E-state index is 11.7. The third kappa shape index (κ3) is 4.61. The summed E-state index contributed by atoms with van der Waals surface area (Å²) >= 11 is 0. The predicted molar refractivity (Wildman–Crippen MR) is 66.1 cm³/mol. The number of carbonyl (C=O) groups is 1. The van der Waals surface area contributed by atoms with Crippen LogP contribution in [-0.2, 0) is 14.8 Å². The van der Waals surface area contributed by atoms with Crippen molar-refractivity contribution in [2.45, 2.75) is 12.8 Å². The van der Waals surface area contributed by atoms with Gasteiger partial charge in [0.1, 0.15) is 0 Å². The van der Waals surface area contributed by atoms with Gasteiger partial charge in [-0.15, -0.1) is 0 Å². The Bertz CT molecular complexity index is 348. The minimum atomic E-state index is -3.22. The number of sulfonamides is 1. The van der Waals surface area contributed by atoms with Crippen LogP contribution in [0.25, 0.3) is 0 Å². The first-order valence-electron chi connectivity index (χ1n) is 5.82. The Morgan fingerprint density at radius 3 is 2.47 bits per heavy atom. The van der Waals surface area contributed by atoms with Crippen LogP contribution in [0.4, 0.5) is 0 Å². The summed E-state index contributed by atoms with van der Waals surface area (Å²) in [6.07, 6.45) is 1.65. The lowest BCUT2D eigenvalue weighted by Gasteiger charge is -2.21. The van der Waals surface area contributed by atoms with Gasteiger partial charge in [-0.25, -0.2) is 12.7 Å². The first-order chi connectivity index (χ1) is 7.93. The van der Waals surface area contributed by atoms with Crippen molar-refractivity contribution in [1.29, 1.82) is 0 Å². The van der Waals surface area contributed by atoms with Crippen LogP contribution in [0.3, 0.4) is 0 Å². The molecule has 0 aromatic heterocycles. The van der Waals surface area contributed by atoms with Gasteiger partial charge in [-0.2, -0.15) is 0 Å². The van der Waals surface area contributed by atoms with Gasteiger partial charge in [0.15, 0.2) is 0 Å². The zero-order chi connectivity index (χ0) is 12.9. The van der Waals surface area contributed by atoms with Gasteiger partial charge in [0.05, 0.1) is 5.75 Å². The van der Waals surface area contributed by atoms with Gasteiger partial charge >= 0.3 is 0 Å². The van der Waals surface area contributed by atoms with E-state index in [9.17, 15) is 13.2 Å². The Morgan fingerprint density at radius 2 is 1.94 bits per heavy atom. The number of amides is 1. The lowest BCUT2D eigenvalue weighted by atomic mass is 9.97. The van der Waals surface area contributed by atoms with Crippen molar-refractivity contribution >= 4 is 15.9 Å². The topological polar surface area (TPSA) is 78.5 Å². The normalized spacial score (nSPS) is 18.3. The van der Waals surface area contributed by atoms with Crippen molar-refractivity contribution < 1.29 is 13.2 Å². The van der Waals surface area contributed by atoms with Crippen molar-refractivity contribution in [3.63, 3.8) is 0 Å². The highest BCUT2D eigenvalue weighted by Crippen LogP contribution is 2.11. The molecule has 2 N–H and O–H groups in total. The second kappa shape index (κ2) is 6.32. The molecule has 1 fully saturated rings. The van der Waals surface area contributed by atoms with E-state index in [-0.39, 0.29) is 24.1 Å². The molecule has 0 bridgehead atoms. The summed E-state index contributed by atoms with van der Waals surface area (Å²) in [7, 11) is -0.238. The average molecular weight is 263 g/mol. The Labute approximate surface area is 103 Å². The van der Waals surface area contributed by atoms with E-state index in [0.29, 0.717) is 0 Å². The number of piperidine rings is 1. The quantitative estimate of drug-likeness (QED) is 0.666. The van der Waals surface area contributed by atoms with Crippen molar-refractivity contribution in [2.75, 3.05) is 39.5 Å². The fourth-order valence-corrected chi connectivity index (χ4v) is 2.44. The van der Waals surface area contributed by atoms with Gasteiger partial charge < -0.3 is 10.6 Å². The molecule has 0 aliphatic carbocycles. The van der Waals surface area contributed by atoms with Crippen molar-refractivity contribution in [3.8, 4) is 0 Å². The summed E-state index contributed by atoms with van der Waals surface area (Å²) in [5, 5.41) is 5.87. The standard InChI is InChI=1S/C10H21N3O3S/c1-13(2)17(15,16)8-7-12-10(14)9-3-5-11-6-4-9/h9,11H,3-8H2,1-2H3,(H,12,14). The number of nitrogens with zero attached hydrogens (tertiary/aromatic N) is 1. The van der Waals surface area contributed by atoms with Crippen molar-refractivity contribution in [2.24, 2.45) is 5.92 Å². The molecule has 1 aliphatic heterocycles. The van der Waals surface area contributed by atoms with Crippen LogP contribution in [0, 0.1) is 5.92 Å². The molecule has 17 heavy (non-hydrogen) atoms. The Hall–Kier alpha value is -0.660. The van der Waals surface area contributed by atoms with E-state index in [1.807, 2.05) is 0 Å². The van der Waals surface area contributed by atoms with E-state index >= 15 is 0 Å². The first kappa shape index (κ1) is 14.4. The molecule has 1 rings (SSSR count). The monoisotopic (exact) mass is 263 g/mol. The van der Waals surface area contributed by atoms with Gasteiger partial charge in [-0.3, -0.25) is 4.79 Å². The van der Waals surface area contributed by atoms with Crippen LogP contribution in [0.15, 0.2) is 0 Å². The summed E-state index contributed by atoms with van der Waals surface area (Å²) in [4.78, 5) is 11.7. The lowest BCUT2D eigenvalue weighted by Crippen LogP contribution is -2.40. The first-order valence-corrected chi connectivity index (χ1v) is 7.43.